The van der Waals surface area contributed by atoms with Gasteiger partial charge in [0.05, 0.1) is 0 Å². The number of halogens is 2. The molecule has 1 nitrogen and oxygen atoms in total. The molecule has 3 heteroatoms. The summed E-state index contributed by atoms with van der Waals surface area (Å²) in [6.45, 7) is 1.93. The molecule has 1 heterocycles. The SMILES string of the molecule is Fc1ccc(C2(Cc3ccc(I)cc3)CNC2)cc1. The van der Waals surface area contributed by atoms with Crippen LogP contribution in [0.2, 0.25) is 0 Å². The highest BCUT2D eigenvalue weighted by atomic mass is 127. The van der Waals surface area contributed by atoms with Gasteiger partial charge in [0.15, 0.2) is 0 Å². The van der Waals surface area contributed by atoms with Gasteiger partial charge in [-0.05, 0) is 64.4 Å². The fraction of sp³-hybridized carbons (Fsp3) is 0.250. The summed E-state index contributed by atoms with van der Waals surface area (Å²) < 4.78 is 14.3. The van der Waals surface area contributed by atoms with Gasteiger partial charge in [-0.3, -0.25) is 0 Å². The van der Waals surface area contributed by atoms with Gasteiger partial charge in [-0.1, -0.05) is 24.3 Å². The highest BCUT2D eigenvalue weighted by molar-refractivity contribution is 14.1. The van der Waals surface area contributed by atoms with Crippen LogP contribution in [0.25, 0.3) is 0 Å². The molecule has 0 unspecified atom stereocenters. The maximum Gasteiger partial charge on any atom is 0.123 e. The Balaban J connectivity index is 1.87. The van der Waals surface area contributed by atoms with Gasteiger partial charge in [0.2, 0.25) is 0 Å². The summed E-state index contributed by atoms with van der Waals surface area (Å²) >= 11 is 2.32. The van der Waals surface area contributed by atoms with Crippen LogP contribution in [0.1, 0.15) is 11.1 Å². The Bertz CT molecular complexity index is 558. The summed E-state index contributed by atoms with van der Waals surface area (Å²) in [4.78, 5) is 0. The molecular formula is C16H15FIN. The van der Waals surface area contributed by atoms with Gasteiger partial charge in [0.25, 0.3) is 0 Å². The van der Waals surface area contributed by atoms with Crippen molar-refractivity contribution in [2.24, 2.45) is 0 Å². The monoisotopic (exact) mass is 367 g/mol. The molecule has 0 aliphatic carbocycles. The molecule has 0 spiro atoms. The van der Waals surface area contributed by atoms with E-state index in [1.165, 1.54) is 14.7 Å². The maximum atomic E-state index is 13.1. The molecule has 0 saturated carbocycles. The normalized spacial score (nSPS) is 16.9. The second-order valence-corrected chi connectivity index (χ2v) is 6.44. The topological polar surface area (TPSA) is 12.0 Å². The third kappa shape index (κ3) is 2.67. The Morgan fingerprint density at radius 2 is 1.63 bits per heavy atom. The number of nitrogens with one attached hydrogen (secondary N) is 1. The molecule has 1 saturated heterocycles. The Morgan fingerprint density at radius 3 is 2.16 bits per heavy atom. The van der Waals surface area contributed by atoms with Crippen LogP contribution in [0.3, 0.4) is 0 Å². The molecule has 3 rings (SSSR count). The summed E-state index contributed by atoms with van der Waals surface area (Å²) in [5, 5.41) is 3.35. The van der Waals surface area contributed by atoms with Crippen molar-refractivity contribution in [3.8, 4) is 0 Å². The summed E-state index contributed by atoms with van der Waals surface area (Å²) in [5.74, 6) is -0.166. The van der Waals surface area contributed by atoms with Gasteiger partial charge in [0, 0.05) is 22.1 Å². The van der Waals surface area contributed by atoms with E-state index in [0.29, 0.717) is 0 Å². The zero-order valence-electron chi connectivity index (χ0n) is 10.5. The molecule has 2 aromatic rings. The molecule has 0 bridgehead atoms. The van der Waals surface area contributed by atoms with E-state index in [1.807, 2.05) is 12.1 Å². The minimum absolute atomic E-state index is 0.125. The molecule has 1 aliphatic rings. The van der Waals surface area contributed by atoms with Crippen molar-refractivity contribution in [2.45, 2.75) is 11.8 Å². The largest absolute Gasteiger partial charge is 0.315 e. The van der Waals surface area contributed by atoms with Crippen LogP contribution in [0, 0.1) is 9.39 Å². The van der Waals surface area contributed by atoms with Crippen molar-refractivity contribution in [1.29, 1.82) is 0 Å². The van der Waals surface area contributed by atoms with E-state index in [4.69, 9.17) is 0 Å². The van der Waals surface area contributed by atoms with Gasteiger partial charge in [-0.15, -0.1) is 0 Å². The second-order valence-electron chi connectivity index (χ2n) is 5.19. The molecule has 19 heavy (non-hydrogen) atoms. The minimum Gasteiger partial charge on any atom is -0.315 e. The van der Waals surface area contributed by atoms with Crippen molar-refractivity contribution in [1.82, 2.24) is 5.32 Å². The molecule has 98 valence electrons. The van der Waals surface area contributed by atoms with Crippen LogP contribution in [-0.4, -0.2) is 13.1 Å². The quantitative estimate of drug-likeness (QED) is 0.819. The maximum absolute atomic E-state index is 13.1. The number of benzene rings is 2. The predicted molar refractivity (Wildman–Crippen MR) is 83.8 cm³/mol. The van der Waals surface area contributed by atoms with E-state index in [1.54, 1.807) is 12.1 Å². The molecule has 1 N–H and O–H groups in total. The van der Waals surface area contributed by atoms with E-state index in [0.717, 1.165) is 19.5 Å². The smallest absolute Gasteiger partial charge is 0.123 e. The lowest BCUT2D eigenvalue weighted by atomic mass is 9.71. The summed E-state index contributed by atoms with van der Waals surface area (Å²) in [6.07, 6.45) is 1.00. The zero-order valence-corrected chi connectivity index (χ0v) is 12.7. The molecule has 0 radical (unpaired) electrons. The lowest BCUT2D eigenvalue weighted by Crippen LogP contribution is -2.58. The first-order chi connectivity index (χ1) is 9.18. The first-order valence-electron chi connectivity index (χ1n) is 6.39. The number of hydrogen-bond donors (Lipinski definition) is 1. The first-order valence-corrected chi connectivity index (χ1v) is 7.47. The van der Waals surface area contributed by atoms with Crippen LogP contribution in [0.15, 0.2) is 48.5 Å². The third-order valence-corrected chi connectivity index (χ3v) is 4.56. The van der Waals surface area contributed by atoms with Crippen LogP contribution >= 0.6 is 22.6 Å². The van der Waals surface area contributed by atoms with Crippen LogP contribution < -0.4 is 5.32 Å². The highest BCUT2D eigenvalue weighted by Gasteiger charge is 2.38. The van der Waals surface area contributed by atoms with Gasteiger partial charge in [-0.2, -0.15) is 0 Å². The molecule has 1 aliphatic heterocycles. The van der Waals surface area contributed by atoms with E-state index < -0.39 is 0 Å². The number of rotatable bonds is 3. The summed E-state index contributed by atoms with van der Waals surface area (Å²) in [5.41, 5.74) is 2.69. The molecule has 0 amide bonds. The lowest BCUT2D eigenvalue weighted by Gasteiger charge is -2.43. The first kappa shape index (κ1) is 13.1. The Morgan fingerprint density at radius 1 is 1.00 bits per heavy atom. The highest BCUT2D eigenvalue weighted by Crippen LogP contribution is 2.32. The van der Waals surface area contributed by atoms with Crippen LogP contribution in [0.5, 0.6) is 0 Å². The van der Waals surface area contributed by atoms with Gasteiger partial charge in [0.1, 0.15) is 5.82 Å². The average Bonchev–Trinajstić information content (AvgIpc) is 2.37. The van der Waals surface area contributed by atoms with Crippen LogP contribution in [-0.2, 0) is 11.8 Å². The van der Waals surface area contributed by atoms with Gasteiger partial charge < -0.3 is 5.32 Å². The van der Waals surface area contributed by atoms with Crippen molar-refractivity contribution >= 4 is 22.6 Å². The predicted octanol–water partition coefficient (Wildman–Crippen LogP) is 3.51. The molecular weight excluding hydrogens is 352 g/mol. The van der Waals surface area contributed by atoms with E-state index in [2.05, 4.69) is 52.2 Å². The van der Waals surface area contributed by atoms with E-state index in [9.17, 15) is 4.39 Å². The average molecular weight is 367 g/mol. The molecule has 2 aromatic carbocycles. The molecule has 0 atom stereocenters. The van der Waals surface area contributed by atoms with Crippen molar-refractivity contribution in [3.05, 3.63) is 69.0 Å². The zero-order chi connectivity index (χ0) is 13.3. The third-order valence-electron chi connectivity index (χ3n) is 3.84. The van der Waals surface area contributed by atoms with Crippen molar-refractivity contribution in [3.63, 3.8) is 0 Å². The fourth-order valence-corrected chi connectivity index (χ4v) is 3.01. The van der Waals surface area contributed by atoms with Crippen molar-refractivity contribution < 1.29 is 4.39 Å². The summed E-state index contributed by atoms with van der Waals surface area (Å²) in [7, 11) is 0. The van der Waals surface area contributed by atoms with Crippen molar-refractivity contribution in [2.75, 3.05) is 13.1 Å². The Labute approximate surface area is 126 Å². The second kappa shape index (κ2) is 5.21. The molecule has 1 fully saturated rings. The summed E-state index contributed by atoms with van der Waals surface area (Å²) in [6, 6.07) is 15.6. The van der Waals surface area contributed by atoms with E-state index in [-0.39, 0.29) is 11.2 Å². The fourth-order valence-electron chi connectivity index (χ4n) is 2.65. The Kier molecular flexibility index (Phi) is 3.58. The minimum atomic E-state index is -0.166. The standard InChI is InChI=1S/C16H15FIN/c17-14-5-3-13(4-6-14)16(10-19-11-16)9-12-1-7-15(18)8-2-12/h1-8,19H,9-11H2. The van der Waals surface area contributed by atoms with Gasteiger partial charge in [-0.25, -0.2) is 4.39 Å². The Hall–Kier alpha value is -0.940. The van der Waals surface area contributed by atoms with Gasteiger partial charge >= 0.3 is 0 Å². The molecule has 0 aromatic heterocycles. The lowest BCUT2D eigenvalue weighted by molar-refractivity contribution is 0.274. The van der Waals surface area contributed by atoms with E-state index >= 15 is 0 Å². The van der Waals surface area contributed by atoms with Crippen LogP contribution in [0.4, 0.5) is 4.39 Å². The number of hydrogen-bond acceptors (Lipinski definition) is 1.